The summed E-state index contributed by atoms with van der Waals surface area (Å²) in [5, 5.41) is 13.4. The van der Waals surface area contributed by atoms with Crippen molar-refractivity contribution in [3.63, 3.8) is 0 Å². The predicted molar refractivity (Wildman–Crippen MR) is 98.2 cm³/mol. The van der Waals surface area contributed by atoms with Crippen LogP contribution in [0, 0.1) is 6.92 Å². The van der Waals surface area contributed by atoms with Crippen molar-refractivity contribution in [2.75, 3.05) is 13.1 Å². The van der Waals surface area contributed by atoms with Crippen molar-refractivity contribution in [1.82, 2.24) is 14.7 Å². The third-order valence-electron chi connectivity index (χ3n) is 5.14. The second kappa shape index (κ2) is 8.17. The molecule has 1 amide bonds. The number of rotatable bonds is 6. The summed E-state index contributed by atoms with van der Waals surface area (Å²) in [6.45, 7) is 3.20. The molecule has 0 unspecified atom stereocenters. The molecular formula is C20H25N3O3. The van der Waals surface area contributed by atoms with E-state index in [1.54, 1.807) is 11.6 Å². The minimum atomic E-state index is -0.945. The lowest BCUT2D eigenvalue weighted by molar-refractivity contribution is -0.132. The van der Waals surface area contributed by atoms with Crippen LogP contribution in [0.4, 0.5) is 0 Å². The molecule has 2 aromatic rings. The molecule has 0 atom stereocenters. The molecule has 0 aliphatic carbocycles. The first kappa shape index (κ1) is 18.2. The molecule has 1 aliphatic rings. The molecule has 1 N–H and O–H groups in total. The molecule has 1 aromatic carbocycles. The van der Waals surface area contributed by atoms with E-state index in [0.717, 1.165) is 25.7 Å². The van der Waals surface area contributed by atoms with Crippen molar-refractivity contribution >= 4 is 11.9 Å². The van der Waals surface area contributed by atoms with Gasteiger partial charge in [0.1, 0.15) is 5.56 Å². The molecular weight excluding hydrogens is 330 g/mol. The lowest BCUT2D eigenvalue weighted by Crippen LogP contribution is -2.39. The Morgan fingerprint density at radius 2 is 1.88 bits per heavy atom. The number of aromatic nitrogens is 2. The molecule has 0 spiro atoms. The molecule has 1 fully saturated rings. The zero-order chi connectivity index (χ0) is 18.5. The highest BCUT2D eigenvalue weighted by Gasteiger charge is 2.26. The first-order chi connectivity index (χ1) is 12.6. The molecule has 0 radical (unpaired) electrons. The van der Waals surface area contributed by atoms with Crippen LogP contribution in [0.3, 0.4) is 0 Å². The number of hydrogen-bond donors (Lipinski definition) is 1. The van der Waals surface area contributed by atoms with Gasteiger partial charge in [0.05, 0.1) is 17.9 Å². The van der Waals surface area contributed by atoms with Crippen LogP contribution < -0.4 is 0 Å². The number of hydrogen-bond acceptors (Lipinski definition) is 3. The Morgan fingerprint density at radius 3 is 2.50 bits per heavy atom. The summed E-state index contributed by atoms with van der Waals surface area (Å²) in [4.78, 5) is 25.5. The van der Waals surface area contributed by atoms with E-state index in [4.69, 9.17) is 5.11 Å². The SMILES string of the molecule is Cc1c(C(=O)O)cnn1C1CCN(C(=O)CCCc2ccccc2)CC1. The minimum absolute atomic E-state index is 0.163. The molecule has 3 rings (SSSR count). The standard InChI is InChI=1S/C20H25N3O3/c1-15-18(20(25)26)14-21-23(15)17-10-12-22(13-11-17)19(24)9-5-8-16-6-3-2-4-7-16/h2-4,6-7,14,17H,5,8-13H2,1H3,(H,25,26). The van der Waals surface area contributed by atoms with Gasteiger partial charge in [-0.2, -0.15) is 5.10 Å². The summed E-state index contributed by atoms with van der Waals surface area (Å²) in [5.41, 5.74) is 2.21. The van der Waals surface area contributed by atoms with Crippen molar-refractivity contribution in [1.29, 1.82) is 0 Å². The van der Waals surface area contributed by atoms with Gasteiger partial charge in [-0.3, -0.25) is 9.48 Å². The quantitative estimate of drug-likeness (QED) is 0.864. The minimum Gasteiger partial charge on any atom is -0.478 e. The fourth-order valence-electron chi connectivity index (χ4n) is 3.61. The van der Waals surface area contributed by atoms with Gasteiger partial charge in [0, 0.05) is 19.5 Å². The number of carboxylic acid groups (broad SMARTS) is 1. The molecule has 0 saturated carbocycles. The fourth-order valence-corrected chi connectivity index (χ4v) is 3.61. The molecule has 0 bridgehead atoms. The molecule has 1 aromatic heterocycles. The number of carbonyl (C=O) groups excluding carboxylic acids is 1. The highest BCUT2D eigenvalue weighted by molar-refractivity contribution is 5.88. The van der Waals surface area contributed by atoms with Gasteiger partial charge in [0.15, 0.2) is 0 Å². The lowest BCUT2D eigenvalue weighted by Gasteiger charge is -2.32. The second-order valence-corrected chi connectivity index (χ2v) is 6.84. The number of aryl methyl sites for hydroxylation is 1. The Kier molecular flexibility index (Phi) is 5.71. The third kappa shape index (κ3) is 4.12. The van der Waals surface area contributed by atoms with Gasteiger partial charge in [-0.25, -0.2) is 4.79 Å². The van der Waals surface area contributed by atoms with E-state index in [1.165, 1.54) is 11.8 Å². The number of nitrogens with zero attached hydrogens (tertiary/aromatic N) is 3. The lowest BCUT2D eigenvalue weighted by atomic mass is 10.0. The Morgan fingerprint density at radius 1 is 1.19 bits per heavy atom. The predicted octanol–water partition coefficient (Wildman–Crippen LogP) is 3.08. The summed E-state index contributed by atoms with van der Waals surface area (Å²) in [5.74, 6) is -0.734. The van der Waals surface area contributed by atoms with Crippen LogP contribution >= 0.6 is 0 Å². The van der Waals surface area contributed by atoms with Crippen molar-refractivity contribution in [2.24, 2.45) is 0 Å². The Bertz CT molecular complexity index is 762. The Hall–Kier alpha value is -2.63. The molecule has 6 nitrogen and oxygen atoms in total. The van der Waals surface area contributed by atoms with E-state index in [0.29, 0.717) is 25.2 Å². The summed E-state index contributed by atoms with van der Waals surface area (Å²) in [6.07, 6.45) is 5.40. The molecule has 1 aliphatic heterocycles. The average molecular weight is 355 g/mol. The molecule has 1 saturated heterocycles. The number of carboxylic acids is 1. The maximum absolute atomic E-state index is 12.4. The van der Waals surface area contributed by atoms with E-state index in [2.05, 4.69) is 17.2 Å². The molecule has 26 heavy (non-hydrogen) atoms. The fraction of sp³-hybridized carbons (Fsp3) is 0.450. The molecule has 6 heteroatoms. The number of amides is 1. The van der Waals surface area contributed by atoms with Crippen molar-refractivity contribution in [2.45, 2.75) is 45.1 Å². The van der Waals surface area contributed by atoms with E-state index in [9.17, 15) is 9.59 Å². The van der Waals surface area contributed by atoms with Crippen LogP contribution in [0.1, 0.15) is 53.3 Å². The van der Waals surface area contributed by atoms with E-state index >= 15 is 0 Å². The summed E-state index contributed by atoms with van der Waals surface area (Å²) >= 11 is 0. The van der Waals surface area contributed by atoms with Crippen molar-refractivity contribution in [3.8, 4) is 0 Å². The van der Waals surface area contributed by atoms with E-state index in [1.807, 2.05) is 23.1 Å². The van der Waals surface area contributed by atoms with Crippen molar-refractivity contribution < 1.29 is 14.7 Å². The zero-order valence-corrected chi connectivity index (χ0v) is 15.1. The Labute approximate surface area is 153 Å². The van der Waals surface area contributed by atoms with Gasteiger partial charge < -0.3 is 10.0 Å². The topological polar surface area (TPSA) is 75.4 Å². The first-order valence-corrected chi connectivity index (χ1v) is 9.15. The largest absolute Gasteiger partial charge is 0.478 e. The number of likely N-dealkylation sites (tertiary alicyclic amines) is 1. The molecule has 2 heterocycles. The van der Waals surface area contributed by atoms with E-state index < -0.39 is 5.97 Å². The van der Waals surface area contributed by atoms with Gasteiger partial charge in [-0.15, -0.1) is 0 Å². The maximum atomic E-state index is 12.4. The van der Waals surface area contributed by atoms with Crippen LogP contribution in [0.15, 0.2) is 36.5 Å². The highest BCUT2D eigenvalue weighted by Crippen LogP contribution is 2.25. The molecule has 138 valence electrons. The van der Waals surface area contributed by atoms with Crippen LogP contribution in [0.2, 0.25) is 0 Å². The second-order valence-electron chi connectivity index (χ2n) is 6.84. The maximum Gasteiger partial charge on any atom is 0.339 e. The van der Waals surface area contributed by atoms with Gasteiger partial charge in [-0.1, -0.05) is 30.3 Å². The number of aromatic carboxylic acids is 1. The van der Waals surface area contributed by atoms with Crippen LogP contribution in [-0.2, 0) is 11.2 Å². The first-order valence-electron chi connectivity index (χ1n) is 9.15. The van der Waals surface area contributed by atoms with Crippen molar-refractivity contribution in [3.05, 3.63) is 53.3 Å². The highest BCUT2D eigenvalue weighted by atomic mass is 16.4. The number of benzene rings is 1. The average Bonchev–Trinajstić information content (AvgIpc) is 3.04. The van der Waals surface area contributed by atoms with Crippen LogP contribution in [-0.4, -0.2) is 44.8 Å². The van der Waals surface area contributed by atoms with Crippen LogP contribution in [0.5, 0.6) is 0 Å². The Balaban J connectivity index is 1.47. The number of carbonyl (C=O) groups is 2. The smallest absolute Gasteiger partial charge is 0.339 e. The van der Waals surface area contributed by atoms with E-state index in [-0.39, 0.29) is 17.5 Å². The van der Waals surface area contributed by atoms with Crippen LogP contribution in [0.25, 0.3) is 0 Å². The van der Waals surface area contributed by atoms with Gasteiger partial charge >= 0.3 is 5.97 Å². The summed E-state index contributed by atoms with van der Waals surface area (Å²) in [7, 11) is 0. The third-order valence-corrected chi connectivity index (χ3v) is 5.14. The zero-order valence-electron chi connectivity index (χ0n) is 15.1. The normalized spacial score (nSPS) is 15.2. The number of piperidine rings is 1. The van der Waals surface area contributed by atoms with Gasteiger partial charge in [-0.05, 0) is 38.2 Å². The summed E-state index contributed by atoms with van der Waals surface area (Å²) < 4.78 is 1.81. The van der Waals surface area contributed by atoms with Gasteiger partial charge in [0.2, 0.25) is 5.91 Å². The van der Waals surface area contributed by atoms with Gasteiger partial charge in [0.25, 0.3) is 0 Å². The summed E-state index contributed by atoms with van der Waals surface area (Å²) in [6, 6.07) is 10.4. The monoisotopic (exact) mass is 355 g/mol.